The first kappa shape index (κ1) is 15.9. The van der Waals surface area contributed by atoms with Crippen molar-refractivity contribution >= 4 is 0 Å². The summed E-state index contributed by atoms with van der Waals surface area (Å²) in [7, 11) is 1.81. The monoisotopic (exact) mass is 256 g/mol. The molecule has 3 heteroatoms. The maximum absolute atomic E-state index is 5.56. The fraction of sp³-hybridized carbons (Fsp3) is 1.00. The summed E-state index contributed by atoms with van der Waals surface area (Å²) in [5, 5.41) is 3.69. The fourth-order valence-electron chi connectivity index (χ4n) is 2.83. The maximum atomic E-state index is 5.56. The summed E-state index contributed by atoms with van der Waals surface area (Å²) in [6, 6.07) is 1.31. The Kier molecular flexibility index (Phi) is 6.09. The van der Waals surface area contributed by atoms with Gasteiger partial charge >= 0.3 is 0 Å². The van der Waals surface area contributed by atoms with Crippen LogP contribution in [0.5, 0.6) is 0 Å². The van der Waals surface area contributed by atoms with Crippen LogP contribution in [0, 0.1) is 5.92 Å². The Morgan fingerprint density at radius 1 is 1.33 bits per heavy atom. The molecule has 0 spiro atoms. The molecule has 3 unspecified atom stereocenters. The van der Waals surface area contributed by atoms with E-state index in [-0.39, 0.29) is 5.60 Å². The quantitative estimate of drug-likeness (QED) is 0.790. The number of piperidine rings is 1. The first-order valence-electron chi connectivity index (χ1n) is 7.44. The number of hydrogen-bond acceptors (Lipinski definition) is 3. The highest BCUT2D eigenvalue weighted by atomic mass is 16.5. The first-order valence-corrected chi connectivity index (χ1v) is 7.44. The zero-order valence-corrected chi connectivity index (χ0v) is 13.1. The summed E-state index contributed by atoms with van der Waals surface area (Å²) in [5.74, 6) is 0.706. The second-order valence-corrected chi connectivity index (χ2v) is 6.38. The summed E-state index contributed by atoms with van der Waals surface area (Å²) in [6.07, 6.45) is 2.48. The van der Waals surface area contributed by atoms with Crippen molar-refractivity contribution in [3.8, 4) is 0 Å². The number of nitrogens with one attached hydrogen (secondary N) is 1. The molecule has 1 N–H and O–H groups in total. The standard InChI is InChI=1S/C15H32N2O/c1-7-9-16-14-8-10-17(13(3)12(14)2)11-15(4,5)18-6/h12-14,16H,7-11H2,1-6H3. The molecule has 1 fully saturated rings. The molecule has 0 bridgehead atoms. The van der Waals surface area contributed by atoms with Crippen LogP contribution in [-0.4, -0.2) is 49.3 Å². The molecule has 0 aliphatic carbocycles. The van der Waals surface area contributed by atoms with Gasteiger partial charge in [-0.25, -0.2) is 0 Å². The molecule has 1 aliphatic rings. The average Bonchev–Trinajstić information content (AvgIpc) is 2.34. The lowest BCUT2D eigenvalue weighted by atomic mass is 9.86. The van der Waals surface area contributed by atoms with Crippen LogP contribution < -0.4 is 5.32 Å². The lowest BCUT2D eigenvalue weighted by Gasteiger charge is -2.45. The van der Waals surface area contributed by atoms with Gasteiger partial charge in [0.2, 0.25) is 0 Å². The molecule has 1 heterocycles. The highest BCUT2D eigenvalue weighted by molar-refractivity contribution is 4.90. The van der Waals surface area contributed by atoms with Crippen molar-refractivity contribution in [3.05, 3.63) is 0 Å². The number of nitrogens with zero attached hydrogens (tertiary/aromatic N) is 1. The van der Waals surface area contributed by atoms with Crippen LogP contribution in [0.15, 0.2) is 0 Å². The Balaban J connectivity index is 2.52. The van der Waals surface area contributed by atoms with Crippen molar-refractivity contribution in [2.45, 2.75) is 65.1 Å². The van der Waals surface area contributed by atoms with Gasteiger partial charge in [-0.15, -0.1) is 0 Å². The molecule has 108 valence electrons. The van der Waals surface area contributed by atoms with Crippen LogP contribution >= 0.6 is 0 Å². The number of likely N-dealkylation sites (tertiary alicyclic amines) is 1. The number of ether oxygens (including phenoxy) is 1. The second kappa shape index (κ2) is 6.88. The van der Waals surface area contributed by atoms with Crippen LogP contribution in [0.2, 0.25) is 0 Å². The van der Waals surface area contributed by atoms with E-state index in [9.17, 15) is 0 Å². The van der Waals surface area contributed by atoms with Crippen molar-refractivity contribution in [3.63, 3.8) is 0 Å². The lowest BCUT2D eigenvalue weighted by Crippen LogP contribution is -2.56. The Labute approximate surface area is 113 Å². The Hall–Kier alpha value is -0.120. The second-order valence-electron chi connectivity index (χ2n) is 6.38. The predicted molar refractivity (Wildman–Crippen MR) is 78.0 cm³/mol. The van der Waals surface area contributed by atoms with Crippen LogP contribution in [0.25, 0.3) is 0 Å². The van der Waals surface area contributed by atoms with Crippen molar-refractivity contribution in [2.24, 2.45) is 5.92 Å². The number of hydrogen-bond donors (Lipinski definition) is 1. The van der Waals surface area contributed by atoms with E-state index in [1.807, 2.05) is 7.11 Å². The minimum atomic E-state index is -0.0440. The molecule has 0 aromatic heterocycles. The van der Waals surface area contributed by atoms with Crippen LogP contribution in [0.3, 0.4) is 0 Å². The molecule has 3 nitrogen and oxygen atoms in total. The fourth-order valence-corrected chi connectivity index (χ4v) is 2.83. The topological polar surface area (TPSA) is 24.5 Å². The summed E-state index contributed by atoms with van der Waals surface area (Å²) >= 11 is 0. The minimum absolute atomic E-state index is 0.0440. The average molecular weight is 256 g/mol. The largest absolute Gasteiger partial charge is 0.377 e. The van der Waals surface area contributed by atoms with Crippen molar-refractivity contribution in [2.75, 3.05) is 26.7 Å². The van der Waals surface area contributed by atoms with Crippen molar-refractivity contribution in [1.29, 1.82) is 0 Å². The van der Waals surface area contributed by atoms with E-state index in [1.54, 1.807) is 0 Å². The van der Waals surface area contributed by atoms with E-state index in [1.165, 1.54) is 19.4 Å². The Bertz CT molecular complexity index is 243. The zero-order valence-electron chi connectivity index (χ0n) is 13.1. The highest BCUT2D eigenvalue weighted by Gasteiger charge is 2.34. The van der Waals surface area contributed by atoms with E-state index < -0.39 is 0 Å². The van der Waals surface area contributed by atoms with Crippen LogP contribution in [0.1, 0.15) is 47.5 Å². The molecule has 0 aromatic carbocycles. The Morgan fingerprint density at radius 3 is 2.56 bits per heavy atom. The van der Waals surface area contributed by atoms with Gasteiger partial charge < -0.3 is 10.1 Å². The summed E-state index contributed by atoms with van der Waals surface area (Å²) < 4.78 is 5.56. The summed E-state index contributed by atoms with van der Waals surface area (Å²) in [4.78, 5) is 2.58. The van der Waals surface area contributed by atoms with Gasteiger partial charge in [-0.2, -0.15) is 0 Å². The molecule has 0 aromatic rings. The molecule has 0 saturated carbocycles. The van der Waals surface area contributed by atoms with Gasteiger partial charge in [0.15, 0.2) is 0 Å². The van der Waals surface area contributed by atoms with Gasteiger partial charge in [-0.3, -0.25) is 4.90 Å². The van der Waals surface area contributed by atoms with E-state index in [2.05, 4.69) is 44.8 Å². The van der Waals surface area contributed by atoms with Gasteiger partial charge in [0.25, 0.3) is 0 Å². The van der Waals surface area contributed by atoms with E-state index in [0.717, 1.165) is 13.1 Å². The lowest BCUT2D eigenvalue weighted by molar-refractivity contribution is -0.0347. The van der Waals surface area contributed by atoms with Gasteiger partial charge in [0.05, 0.1) is 5.60 Å². The number of methoxy groups -OCH3 is 1. The summed E-state index contributed by atoms with van der Waals surface area (Å²) in [5.41, 5.74) is -0.0440. The van der Waals surface area contributed by atoms with Crippen LogP contribution in [0.4, 0.5) is 0 Å². The molecular weight excluding hydrogens is 224 g/mol. The molecular formula is C15H32N2O. The highest BCUT2D eigenvalue weighted by Crippen LogP contribution is 2.25. The molecule has 3 atom stereocenters. The molecule has 1 aliphatic heterocycles. The molecule has 1 saturated heterocycles. The molecule has 0 radical (unpaired) electrons. The van der Waals surface area contributed by atoms with Crippen molar-refractivity contribution < 1.29 is 4.74 Å². The van der Waals surface area contributed by atoms with E-state index in [0.29, 0.717) is 18.0 Å². The van der Waals surface area contributed by atoms with Gasteiger partial charge in [-0.1, -0.05) is 13.8 Å². The third kappa shape index (κ3) is 4.22. The van der Waals surface area contributed by atoms with Gasteiger partial charge in [0, 0.05) is 32.3 Å². The SMILES string of the molecule is CCCNC1CCN(CC(C)(C)OC)C(C)C1C. The number of rotatable bonds is 6. The summed E-state index contributed by atoms with van der Waals surface area (Å²) in [6.45, 7) is 14.7. The normalized spacial score (nSPS) is 30.7. The third-order valence-corrected chi connectivity index (χ3v) is 4.49. The minimum Gasteiger partial charge on any atom is -0.377 e. The predicted octanol–water partition coefficient (Wildman–Crippen LogP) is 2.51. The third-order valence-electron chi connectivity index (χ3n) is 4.49. The molecule has 1 rings (SSSR count). The van der Waals surface area contributed by atoms with E-state index >= 15 is 0 Å². The van der Waals surface area contributed by atoms with Crippen LogP contribution in [-0.2, 0) is 4.74 Å². The zero-order chi connectivity index (χ0) is 13.8. The van der Waals surface area contributed by atoms with Crippen molar-refractivity contribution in [1.82, 2.24) is 10.2 Å². The molecule has 18 heavy (non-hydrogen) atoms. The Morgan fingerprint density at radius 2 is 2.00 bits per heavy atom. The maximum Gasteiger partial charge on any atom is 0.0749 e. The molecule has 0 amide bonds. The van der Waals surface area contributed by atoms with E-state index in [4.69, 9.17) is 4.74 Å². The first-order chi connectivity index (χ1) is 8.41. The van der Waals surface area contributed by atoms with Gasteiger partial charge in [0.1, 0.15) is 0 Å². The van der Waals surface area contributed by atoms with Gasteiger partial charge in [-0.05, 0) is 46.1 Å². The smallest absolute Gasteiger partial charge is 0.0749 e.